The van der Waals surface area contributed by atoms with E-state index in [-0.39, 0.29) is 11.7 Å². The number of rotatable bonds is 6. The molecule has 2 amide bonds. The van der Waals surface area contributed by atoms with Gasteiger partial charge in [-0.2, -0.15) is 0 Å². The second-order valence-electron chi connectivity index (χ2n) is 4.71. The molecule has 122 valence electrons. The van der Waals surface area contributed by atoms with Crippen molar-refractivity contribution in [2.45, 2.75) is 4.34 Å². The number of thioether (sulfide) groups is 1. The van der Waals surface area contributed by atoms with Crippen LogP contribution < -0.4 is 11.1 Å². The van der Waals surface area contributed by atoms with Crippen LogP contribution >= 0.6 is 34.4 Å². The van der Waals surface area contributed by atoms with Gasteiger partial charge in [-0.15, -0.1) is 11.3 Å². The molecule has 5 nitrogen and oxygen atoms in total. The van der Waals surface area contributed by atoms with Crippen molar-refractivity contribution < 1.29 is 9.59 Å². The fourth-order valence-corrected chi connectivity index (χ4v) is 4.36. The summed E-state index contributed by atoms with van der Waals surface area (Å²) in [6, 6.07) is 13.2. The van der Waals surface area contributed by atoms with E-state index in [4.69, 9.17) is 5.73 Å². The third-order valence-corrected chi connectivity index (χ3v) is 5.97. The molecule has 3 aromatic rings. The van der Waals surface area contributed by atoms with Crippen molar-refractivity contribution in [3.63, 3.8) is 0 Å². The molecule has 0 aliphatic carbocycles. The van der Waals surface area contributed by atoms with E-state index in [0.717, 1.165) is 5.56 Å². The number of nitrogens with two attached hydrogens (primary N) is 1. The van der Waals surface area contributed by atoms with Crippen LogP contribution in [0.3, 0.4) is 0 Å². The predicted molar refractivity (Wildman–Crippen MR) is 99.7 cm³/mol. The highest BCUT2D eigenvalue weighted by molar-refractivity contribution is 8.01. The van der Waals surface area contributed by atoms with E-state index in [1.54, 1.807) is 6.07 Å². The number of hydrogen-bond acceptors (Lipinski definition) is 6. The average Bonchev–Trinajstić information content (AvgIpc) is 3.23. The maximum Gasteiger partial charge on any atom is 0.266 e. The second kappa shape index (κ2) is 7.61. The van der Waals surface area contributed by atoms with Crippen molar-refractivity contribution in [1.82, 2.24) is 4.98 Å². The molecule has 0 radical (unpaired) electrons. The molecule has 0 saturated carbocycles. The van der Waals surface area contributed by atoms with Gasteiger partial charge in [0.25, 0.3) is 5.91 Å². The molecule has 8 heteroatoms. The number of thiophene rings is 1. The van der Waals surface area contributed by atoms with Gasteiger partial charge in [-0.1, -0.05) is 59.5 Å². The van der Waals surface area contributed by atoms with Crippen LogP contribution in [0, 0.1) is 0 Å². The van der Waals surface area contributed by atoms with Crippen LogP contribution in [0.25, 0.3) is 11.3 Å². The minimum Gasteiger partial charge on any atom is -0.369 e. The number of amides is 2. The van der Waals surface area contributed by atoms with Gasteiger partial charge in [0.05, 0.1) is 10.6 Å². The van der Waals surface area contributed by atoms with Crippen molar-refractivity contribution in [2.24, 2.45) is 5.73 Å². The summed E-state index contributed by atoms with van der Waals surface area (Å²) in [5.41, 5.74) is 6.79. The van der Waals surface area contributed by atoms with E-state index in [2.05, 4.69) is 10.3 Å². The quantitative estimate of drug-likeness (QED) is 0.643. The van der Waals surface area contributed by atoms with E-state index in [1.807, 2.05) is 41.8 Å². The molecule has 0 aliphatic rings. The first-order valence-corrected chi connectivity index (χ1v) is 9.64. The Morgan fingerprint density at radius 2 is 1.96 bits per heavy atom. The van der Waals surface area contributed by atoms with Gasteiger partial charge >= 0.3 is 0 Å². The van der Waals surface area contributed by atoms with Gasteiger partial charge < -0.3 is 11.1 Å². The Morgan fingerprint density at radius 3 is 2.62 bits per heavy atom. The fraction of sp³-hybridized carbons (Fsp3) is 0.0625. The Morgan fingerprint density at radius 1 is 1.17 bits per heavy atom. The first kappa shape index (κ1) is 16.7. The number of primary amides is 1. The van der Waals surface area contributed by atoms with E-state index in [1.165, 1.54) is 34.4 Å². The number of benzene rings is 1. The van der Waals surface area contributed by atoms with Crippen molar-refractivity contribution >= 4 is 51.3 Å². The third kappa shape index (κ3) is 4.02. The molecule has 3 N–H and O–H groups in total. The summed E-state index contributed by atoms with van der Waals surface area (Å²) in [5.74, 6) is -0.419. The number of anilines is 1. The Labute approximate surface area is 150 Å². The summed E-state index contributed by atoms with van der Waals surface area (Å²) in [6.45, 7) is 0. The number of hydrogen-bond donors (Lipinski definition) is 2. The van der Waals surface area contributed by atoms with Crippen molar-refractivity contribution in [3.8, 4) is 11.3 Å². The van der Waals surface area contributed by atoms with Gasteiger partial charge in [0.15, 0.2) is 4.34 Å². The highest BCUT2D eigenvalue weighted by Gasteiger charge is 2.17. The van der Waals surface area contributed by atoms with Crippen molar-refractivity contribution in [2.75, 3.05) is 11.1 Å². The summed E-state index contributed by atoms with van der Waals surface area (Å²) in [5, 5.41) is 5.43. The molecule has 1 aromatic carbocycles. The zero-order chi connectivity index (χ0) is 16.9. The van der Waals surface area contributed by atoms with Crippen molar-refractivity contribution in [1.29, 1.82) is 0 Å². The third-order valence-electron chi connectivity index (χ3n) is 2.96. The summed E-state index contributed by atoms with van der Waals surface area (Å²) in [6.07, 6.45) is 0. The smallest absolute Gasteiger partial charge is 0.266 e. The normalized spacial score (nSPS) is 10.5. The molecule has 0 saturated heterocycles. The standard InChI is InChI=1S/C16H13N3O2S3/c17-12(20)9-23-16-18-13(10-5-2-1-3-6-10)15(24-16)19-14(21)11-7-4-8-22-11/h1-8H,9H2,(H2,17,20)(H,19,21). The molecule has 3 rings (SSSR count). The molecule has 0 fully saturated rings. The van der Waals surface area contributed by atoms with Crippen LogP contribution in [0.4, 0.5) is 5.00 Å². The maximum atomic E-state index is 12.3. The SMILES string of the molecule is NC(=O)CSc1nc(-c2ccccc2)c(NC(=O)c2cccs2)s1. The monoisotopic (exact) mass is 375 g/mol. The van der Waals surface area contributed by atoms with Crippen LogP contribution in [0.15, 0.2) is 52.2 Å². The summed E-state index contributed by atoms with van der Waals surface area (Å²) < 4.78 is 0.689. The molecule has 0 unspecified atom stereocenters. The van der Waals surface area contributed by atoms with Crippen molar-refractivity contribution in [3.05, 3.63) is 52.7 Å². The zero-order valence-electron chi connectivity index (χ0n) is 12.4. The minimum atomic E-state index is -0.402. The molecule has 0 spiro atoms. The lowest BCUT2D eigenvalue weighted by Crippen LogP contribution is -2.12. The lowest BCUT2D eigenvalue weighted by molar-refractivity contribution is -0.115. The van der Waals surface area contributed by atoms with E-state index in [9.17, 15) is 9.59 Å². The first-order valence-electron chi connectivity index (χ1n) is 6.95. The zero-order valence-corrected chi connectivity index (χ0v) is 14.8. The molecule has 0 bridgehead atoms. The van der Waals surface area contributed by atoms with Gasteiger partial charge in [0.1, 0.15) is 10.7 Å². The first-order chi connectivity index (χ1) is 11.6. The second-order valence-corrected chi connectivity index (χ2v) is 7.88. The Balaban J connectivity index is 1.90. The predicted octanol–water partition coefficient (Wildman–Crippen LogP) is 3.70. The van der Waals surface area contributed by atoms with Crippen LogP contribution in [0.5, 0.6) is 0 Å². The molecular formula is C16H13N3O2S3. The van der Waals surface area contributed by atoms with Crippen LogP contribution in [0.2, 0.25) is 0 Å². The average molecular weight is 376 g/mol. The highest BCUT2D eigenvalue weighted by atomic mass is 32.2. The number of aromatic nitrogens is 1. The van der Waals surface area contributed by atoms with E-state index in [0.29, 0.717) is 19.9 Å². The van der Waals surface area contributed by atoms with Crippen LogP contribution in [-0.2, 0) is 4.79 Å². The van der Waals surface area contributed by atoms with Crippen LogP contribution in [0.1, 0.15) is 9.67 Å². The van der Waals surface area contributed by atoms with Gasteiger partial charge in [0, 0.05) is 5.56 Å². The number of nitrogens with zero attached hydrogens (tertiary/aromatic N) is 1. The molecule has 24 heavy (non-hydrogen) atoms. The van der Waals surface area contributed by atoms with E-state index >= 15 is 0 Å². The number of carbonyl (C=O) groups excluding carboxylic acids is 2. The lowest BCUT2D eigenvalue weighted by Gasteiger charge is -2.03. The molecule has 2 heterocycles. The summed E-state index contributed by atoms with van der Waals surface area (Å²) >= 11 is 3.98. The van der Waals surface area contributed by atoms with Gasteiger partial charge in [-0.05, 0) is 11.4 Å². The topological polar surface area (TPSA) is 85.1 Å². The Bertz CT molecular complexity index is 845. The number of thiazole rings is 1. The fourth-order valence-electron chi connectivity index (χ4n) is 1.94. The number of nitrogens with one attached hydrogen (secondary N) is 1. The van der Waals surface area contributed by atoms with Gasteiger partial charge in [-0.25, -0.2) is 4.98 Å². The van der Waals surface area contributed by atoms with E-state index < -0.39 is 5.91 Å². The van der Waals surface area contributed by atoms with Gasteiger partial charge in [-0.3, -0.25) is 9.59 Å². The summed E-state index contributed by atoms with van der Waals surface area (Å²) in [7, 11) is 0. The molecular weight excluding hydrogens is 362 g/mol. The maximum absolute atomic E-state index is 12.3. The lowest BCUT2D eigenvalue weighted by atomic mass is 10.2. The minimum absolute atomic E-state index is 0.153. The molecule has 0 atom stereocenters. The highest BCUT2D eigenvalue weighted by Crippen LogP contribution is 2.37. The van der Waals surface area contributed by atoms with Gasteiger partial charge in [0.2, 0.25) is 5.91 Å². The Kier molecular flexibility index (Phi) is 5.29. The number of carbonyl (C=O) groups is 2. The molecule has 0 aliphatic heterocycles. The van der Waals surface area contributed by atoms with Crippen LogP contribution in [-0.4, -0.2) is 22.6 Å². The largest absolute Gasteiger partial charge is 0.369 e. The summed E-state index contributed by atoms with van der Waals surface area (Å²) in [4.78, 5) is 28.5. The molecule has 2 aromatic heterocycles. The Hall–Kier alpha value is -2.16.